The molecule has 2 heterocycles. The predicted octanol–water partition coefficient (Wildman–Crippen LogP) is 3.10. The summed E-state index contributed by atoms with van der Waals surface area (Å²) in [4.78, 5) is 4.07. The van der Waals surface area contributed by atoms with Crippen LogP contribution >= 0.6 is 0 Å². The van der Waals surface area contributed by atoms with Gasteiger partial charge < -0.3 is 20.6 Å². The first-order chi connectivity index (χ1) is 14.3. The number of aliphatic hydroxyl groups is 2. The van der Waals surface area contributed by atoms with Gasteiger partial charge in [-0.2, -0.15) is 13.2 Å². The second kappa shape index (κ2) is 7.69. The average molecular weight is 420 g/mol. The van der Waals surface area contributed by atoms with Crippen LogP contribution in [0, 0.1) is 0 Å². The van der Waals surface area contributed by atoms with Crippen molar-refractivity contribution in [2.24, 2.45) is 0 Å². The van der Waals surface area contributed by atoms with Gasteiger partial charge >= 0.3 is 6.18 Å². The highest BCUT2D eigenvalue weighted by molar-refractivity contribution is 6.00. The molecule has 1 aromatic carbocycles. The number of aliphatic hydroxyl groups excluding tert-OH is 2. The van der Waals surface area contributed by atoms with Crippen LogP contribution in [-0.4, -0.2) is 48.8 Å². The highest BCUT2D eigenvalue weighted by atomic mass is 19.4. The highest BCUT2D eigenvalue weighted by Gasteiger charge is 2.32. The lowest BCUT2D eigenvalue weighted by Crippen LogP contribution is -2.45. The molecule has 0 spiro atoms. The van der Waals surface area contributed by atoms with Crippen molar-refractivity contribution in [3.63, 3.8) is 0 Å². The summed E-state index contributed by atoms with van der Waals surface area (Å²) in [5.74, 6) is -0.241. The zero-order valence-corrected chi connectivity index (χ0v) is 15.6. The maximum atomic E-state index is 12.9. The van der Waals surface area contributed by atoms with Crippen LogP contribution < -0.4 is 5.32 Å². The van der Waals surface area contributed by atoms with Gasteiger partial charge in [0.25, 0.3) is 0 Å². The molecule has 10 heteroatoms. The van der Waals surface area contributed by atoms with Crippen LogP contribution in [0.15, 0.2) is 36.7 Å². The van der Waals surface area contributed by atoms with E-state index in [0.29, 0.717) is 35.5 Å². The van der Waals surface area contributed by atoms with Gasteiger partial charge in [-0.3, -0.25) is 4.98 Å². The topological polar surface area (TPSA) is 111 Å². The molecule has 4 N–H and O–H groups in total. The largest absolute Gasteiger partial charge is 0.507 e. The van der Waals surface area contributed by atoms with Crippen LogP contribution in [0.25, 0.3) is 22.0 Å². The van der Waals surface area contributed by atoms with E-state index in [1.807, 2.05) is 0 Å². The van der Waals surface area contributed by atoms with Crippen LogP contribution in [0.5, 0.6) is 5.75 Å². The summed E-state index contributed by atoms with van der Waals surface area (Å²) in [6.45, 7) is 0. The Balaban J connectivity index is 1.75. The fourth-order valence-corrected chi connectivity index (χ4v) is 3.70. The van der Waals surface area contributed by atoms with E-state index in [0.717, 1.165) is 18.6 Å². The Morgan fingerprint density at radius 2 is 1.83 bits per heavy atom. The first kappa shape index (κ1) is 20.3. The number of anilines is 1. The number of rotatable bonds is 3. The number of aromatic nitrogens is 3. The smallest absolute Gasteiger partial charge is 0.416 e. The lowest BCUT2D eigenvalue weighted by molar-refractivity contribution is -0.137. The molecule has 2 aromatic heterocycles. The molecule has 4 rings (SSSR count). The van der Waals surface area contributed by atoms with Crippen LogP contribution in [-0.2, 0) is 6.18 Å². The Morgan fingerprint density at radius 1 is 1.03 bits per heavy atom. The number of pyridine rings is 1. The molecule has 158 valence electrons. The van der Waals surface area contributed by atoms with Crippen LogP contribution in [0.3, 0.4) is 0 Å². The Morgan fingerprint density at radius 3 is 2.57 bits per heavy atom. The molecule has 1 fully saturated rings. The Labute approximate surface area is 169 Å². The van der Waals surface area contributed by atoms with Crippen molar-refractivity contribution >= 4 is 16.6 Å². The van der Waals surface area contributed by atoms with E-state index >= 15 is 0 Å². The molecule has 3 aromatic rings. The molecule has 0 unspecified atom stereocenters. The number of fused-ring (bicyclic) bond motifs is 1. The molecule has 0 saturated heterocycles. The van der Waals surface area contributed by atoms with Gasteiger partial charge in [0, 0.05) is 28.7 Å². The van der Waals surface area contributed by atoms with E-state index in [1.54, 1.807) is 6.07 Å². The van der Waals surface area contributed by atoms with Crippen molar-refractivity contribution in [2.75, 3.05) is 5.32 Å². The number of benzene rings is 1. The van der Waals surface area contributed by atoms with Crippen molar-refractivity contribution in [3.05, 3.63) is 42.2 Å². The SMILES string of the molecule is Oc1cc(C(F)(F)F)ccc1-c1nnc(N[C@H]2CCC[C@@H](O)[C@H]2O)c2cnccc12. The van der Waals surface area contributed by atoms with Crippen LogP contribution in [0.1, 0.15) is 24.8 Å². The Kier molecular flexibility index (Phi) is 5.20. The molecular weight excluding hydrogens is 401 g/mol. The first-order valence-corrected chi connectivity index (χ1v) is 9.39. The molecule has 30 heavy (non-hydrogen) atoms. The van der Waals surface area contributed by atoms with E-state index < -0.39 is 35.7 Å². The molecule has 3 atom stereocenters. The van der Waals surface area contributed by atoms with E-state index in [-0.39, 0.29) is 11.3 Å². The third-order valence-electron chi connectivity index (χ3n) is 5.31. The average Bonchev–Trinajstić information content (AvgIpc) is 2.71. The quantitative estimate of drug-likeness (QED) is 0.515. The standard InChI is InChI=1S/C20H19F3N4O3/c21-20(22,23)10-4-5-12(16(29)8-10)17-11-6-7-24-9-13(11)19(27-26-17)25-14-2-1-3-15(28)18(14)30/h4-9,14-15,18,28-30H,1-3H2,(H,25,27)/t14-,15+,18-/m0/s1. The minimum Gasteiger partial charge on any atom is -0.507 e. The van der Waals surface area contributed by atoms with Crippen molar-refractivity contribution in [2.45, 2.75) is 43.7 Å². The molecule has 0 amide bonds. The van der Waals surface area contributed by atoms with Gasteiger partial charge in [-0.15, -0.1) is 10.2 Å². The number of alkyl halides is 3. The number of nitrogens with zero attached hydrogens (tertiary/aromatic N) is 3. The van der Waals surface area contributed by atoms with E-state index in [4.69, 9.17) is 0 Å². The summed E-state index contributed by atoms with van der Waals surface area (Å²) >= 11 is 0. The first-order valence-electron chi connectivity index (χ1n) is 9.39. The van der Waals surface area contributed by atoms with Gasteiger partial charge in [0.2, 0.25) is 0 Å². The van der Waals surface area contributed by atoms with Gasteiger partial charge in [0.15, 0.2) is 5.82 Å². The molecule has 1 saturated carbocycles. The number of aromatic hydroxyl groups is 1. The van der Waals surface area contributed by atoms with Crippen LogP contribution in [0.2, 0.25) is 0 Å². The summed E-state index contributed by atoms with van der Waals surface area (Å²) in [6.07, 6.45) is -1.49. The van der Waals surface area contributed by atoms with Crippen LogP contribution in [0.4, 0.5) is 19.0 Å². The number of halogens is 3. The maximum Gasteiger partial charge on any atom is 0.416 e. The number of phenols is 1. The van der Waals surface area contributed by atoms with Crippen molar-refractivity contribution in [1.29, 1.82) is 0 Å². The third kappa shape index (κ3) is 3.75. The van der Waals surface area contributed by atoms with Crippen molar-refractivity contribution in [3.8, 4) is 17.0 Å². The van der Waals surface area contributed by atoms with E-state index in [1.165, 1.54) is 12.4 Å². The molecular formula is C20H19F3N4O3. The van der Waals surface area contributed by atoms with Gasteiger partial charge in [-0.1, -0.05) is 0 Å². The lowest BCUT2D eigenvalue weighted by Gasteiger charge is -2.32. The van der Waals surface area contributed by atoms with E-state index in [9.17, 15) is 28.5 Å². The summed E-state index contributed by atoms with van der Waals surface area (Å²) in [5.41, 5.74) is -0.661. The summed E-state index contributed by atoms with van der Waals surface area (Å²) in [7, 11) is 0. The van der Waals surface area contributed by atoms with Gasteiger partial charge in [-0.25, -0.2) is 0 Å². The second-order valence-corrected chi connectivity index (χ2v) is 7.29. The Hall–Kier alpha value is -2.98. The summed E-state index contributed by atoms with van der Waals surface area (Å²) in [5, 5.41) is 42.7. The van der Waals surface area contributed by atoms with Crippen molar-refractivity contribution < 1.29 is 28.5 Å². The maximum absolute atomic E-state index is 12.9. The number of nitrogens with one attached hydrogen (secondary N) is 1. The fourth-order valence-electron chi connectivity index (χ4n) is 3.70. The molecule has 0 radical (unpaired) electrons. The monoisotopic (exact) mass is 420 g/mol. The van der Waals surface area contributed by atoms with Gasteiger partial charge in [-0.05, 0) is 43.5 Å². The molecule has 0 aliphatic heterocycles. The number of hydrogen-bond acceptors (Lipinski definition) is 7. The molecule has 0 bridgehead atoms. The normalized spacial score (nSPS) is 22.2. The minimum atomic E-state index is -4.58. The van der Waals surface area contributed by atoms with Crippen molar-refractivity contribution in [1.82, 2.24) is 15.2 Å². The zero-order chi connectivity index (χ0) is 21.5. The third-order valence-corrected chi connectivity index (χ3v) is 5.31. The molecule has 7 nitrogen and oxygen atoms in total. The predicted molar refractivity (Wildman–Crippen MR) is 103 cm³/mol. The van der Waals surface area contributed by atoms with Gasteiger partial charge in [0.05, 0.1) is 23.8 Å². The van der Waals surface area contributed by atoms with Gasteiger partial charge in [0.1, 0.15) is 11.4 Å². The highest BCUT2D eigenvalue weighted by Crippen LogP contribution is 2.38. The lowest BCUT2D eigenvalue weighted by atomic mass is 9.90. The molecule has 1 aliphatic carbocycles. The summed E-state index contributed by atoms with van der Waals surface area (Å²) < 4.78 is 38.7. The second-order valence-electron chi connectivity index (χ2n) is 7.29. The Bertz CT molecular complexity index is 1080. The number of phenolic OH excluding ortho intramolecular Hbond substituents is 1. The zero-order valence-electron chi connectivity index (χ0n) is 15.6. The minimum absolute atomic E-state index is 0.103. The fraction of sp³-hybridized carbons (Fsp3) is 0.350. The molecule has 1 aliphatic rings. The summed E-state index contributed by atoms with van der Waals surface area (Å²) in [6, 6.07) is 3.85. The van der Waals surface area contributed by atoms with E-state index in [2.05, 4.69) is 20.5 Å². The number of hydrogen-bond donors (Lipinski definition) is 4.